The first kappa shape index (κ1) is 22.4. The molecule has 0 bridgehead atoms. The van der Waals surface area contributed by atoms with Gasteiger partial charge in [0.25, 0.3) is 15.9 Å². The lowest BCUT2D eigenvalue weighted by atomic mass is 10.2. The summed E-state index contributed by atoms with van der Waals surface area (Å²) in [6, 6.07) is 12.8. The van der Waals surface area contributed by atoms with Crippen molar-refractivity contribution in [3.8, 4) is 11.5 Å². The van der Waals surface area contributed by atoms with Crippen LogP contribution in [0.1, 0.15) is 6.92 Å². The Morgan fingerprint density at radius 1 is 1.25 bits per heavy atom. The van der Waals surface area contributed by atoms with E-state index in [1.807, 2.05) is 6.92 Å². The number of ether oxygens (including phenoxy) is 2. The highest BCUT2D eigenvalue weighted by Gasteiger charge is 2.37. The van der Waals surface area contributed by atoms with Gasteiger partial charge >= 0.3 is 0 Å². The van der Waals surface area contributed by atoms with Crippen LogP contribution in [-0.4, -0.2) is 50.0 Å². The fourth-order valence-electron chi connectivity index (χ4n) is 3.07. The number of methoxy groups -OCH3 is 1. The zero-order valence-electron chi connectivity index (χ0n) is 17.2. The van der Waals surface area contributed by atoms with Crippen molar-refractivity contribution in [2.75, 3.05) is 29.0 Å². The first-order valence-corrected chi connectivity index (χ1v) is 12.9. The molecule has 0 unspecified atom stereocenters. The van der Waals surface area contributed by atoms with E-state index in [1.165, 1.54) is 46.6 Å². The van der Waals surface area contributed by atoms with Gasteiger partial charge in [0, 0.05) is 0 Å². The SMILES string of the molecule is CCSc1nnc(NC(=O)[C@@H]2CN(S(=O)(=O)c3ccc(OC)cc3)c3ccccc3O2)s1. The second-order valence-electron chi connectivity index (χ2n) is 6.58. The maximum Gasteiger partial charge on any atom is 0.269 e. The Bertz CT molecular complexity index is 1210. The third kappa shape index (κ3) is 4.52. The number of nitrogens with one attached hydrogen (secondary N) is 1. The van der Waals surface area contributed by atoms with Gasteiger partial charge in [0.15, 0.2) is 10.4 Å². The van der Waals surface area contributed by atoms with Crippen LogP contribution in [0, 0.1) is 0 Å². The minimum Gasteiger partial charge on any atom is -0.497 e. The number of para-hydroxylation sites is 2. The fourth-order valence-corrected chi connectivity index (χ4v) is 6.20. The fraction of sp³-hybridized carbons (Fsp3) is 0.250. The van der Waals surface area contributed by atoms with Crippen molar-refractivity contribution >= 4 is 49.8 Å². The second-order valence-corrected chi connectivity index (χ2v) is 10.9. The smallest absolute Gasteiger partial charge is 0.269 e. The lowest BCUT2D eigenvalue weighted by molar-refractivity contribution is -0.122. The molecule has 1 amide bonds. The molecule has 1 aliphatic rings. The summed E-state index contributed by atoms with van der Waals surface area (Å²) in [5.74, 6) is 1.18. The number of aromatic nitrogens is 2. The third-order valence-corrected chi connectivity index (χ3v) is 8.23. The predicted octanol–water partition coefficient (Wildman–Crippen LogP) is 3.25. The number of hydrogen-bond donors (Lipinski definition) is 1. The number of benzene rings is 2. The van der Waals surface area contributed by atoms with Crippen LogP contribution < -0.4 is 19.1 Å². The highest BCUT2D eigenvalue weighted by molar-refractivity contribution is 8.01. The number of nitrogens with zero attached hydrogens (tertiary/aromatic N) is 3. The number of amides is 1. The van der Waals surface area contributed by atoms with E-state index < -0.39 is 22.0 Å². The molecule has 4 rings (SSSR count). The molecule has 2 heterocycles. The molecule has 0 aliphatic carbocycles. The summed E-state index contributed by atoms with van der Waals surface area (Å²) >= 11 is 2.77. The van der Waals surface area contributed by atoms with Crippen LogP contribution >= 0.6 is 23.1 Å². The van der Waals surface area contributed by atoms with Gasteiger partial charge in [0.1, 0.15) is 11.5 Å². The van der Waals surface area contributed by atoms with Crippen LogP contribution in [0.3, 0.4) is 0 Å². The van der Waals surface area contributed by atoms with E-state index in [1.54, 1.807) is 36.4 Å². The average Bonchev–Trinajstić information content (AvgIpc) is 3.25. The Kier molecular flexibility index (Phi) is 6.53. The molecule has 1 aromatic heterocycles. The van der Waals surface area contributed by atoms with Crippen molar-refractivity contribution in [3.05, 3.63) is 48.5 Å². The Balaban J connectivity index is 1.61. The number of sulfonamides is 1. The van der Waals surface area contributed by atoms with Gasteiger partial charge in [-0.15, -0.1) is 10.2 Å². The monoisotopic (exact) mass is 492 g/mol. The maximum atomic E-state index is 13.4. The largest absolute Gasteiger partial charge is 0.497 e. The maximum absolute atomic E-state index is 13.4. The van der Waals surface area contributed by atoms with E-state index in [9.17, 15) is 13.2 Å². The van der Waals surface area contributed by atoms with Crippen LogP contribution in [0.5, 0.6) is 11.5 Å². The Morgan fingerprint density at radius 3 is 2.72 bits per heavy atom. The summed E-state index contributed by atoms with van der Waals surface area (Å²) in [6.45, 7) is 1.81. The molecule has 168 valence electrons. The predicted molar refractivity (Wildman–Crippen MR) is 123 cm³/mol. The molecule has 12 heteroatoms. The number of rotatable bonds is 7. The number of hydrogen-bond acceptors (Lipinski definition) is 9. The summed E-state index contributed by atoms with van der Waals surface area (Å²) in [5, 5.41) is 11.0. The molecule has 1 aliphatic heterocycles. The van der Waals surface area contributed by atoms with E-state index >= 15 is 0 Å². The molecular weight excluding hydrogens is 472 g/mol. The van der Waals surface area contributed by atoms with Crippen LogP contribution in [0.15, 0.2) is 57.8 Å². The van der Waals surface area contributed by atoms with Crippen LogP contribution in [-0.2, 0) is 14.8 Å². The first-order valence-electron chi connectivity index (χ1n) is 9.62. The molecule has 2 aromatic carbocycles. The van der Waals surface area contributed by atoms with E-state index in [-0.39, 0.29) is 11.4 Å². The van der Waals surface area contributed by atoms with Gasteiger partial charge in [-0.25, -0.2) is 8.42 Å². The number of carbonyl (C=O) groups excluding carboxylic acids is 1. The van der Waals surface area contributed by atoms with Crippen molar-refractivity contribution in [3.63, 3.8) is 0 Å². The molecule has 0 spiro atoms. The molecule has 1 N–H and O–H groups in total. The van der Waals surface area contributed by atoms with Crippen molar-refractivity contribution in [2.24, 2.45) is 0 Å². The topological polar surface area (TPSA) is 111 Å². The zero-order chi connectivity index (χ0) is 22.7. The molecule has 0 saturated carbocycles. The van der Waals surface area contributed by atoms with E-state index in [0.29, 0.717) is 22.3 Å². The third-order valence-electron chi connectivity index (χ3n) is 4.58. The second kappa shape index (κ2) is 9.35. The summed E-state index contributed by atoms with van der Waals surface area (Å²) in [4.78, 5) is 13.0. The highest BCUT2D eigenvalue weighted by Crippen LogP contribution is 2.37. The quantitative estimate of drug-likeness (QED) is 0.395. The average molecular weight is 493 g/mol. The van der Waals surface area contributed by atoms with Crippen molar-refractivity contribution < 1.29 is 22.7 Å². The highest BCUT2D eigenvalue weighted by atomic mass is 32.2. The number of anilines is 2. The van der Waals surface area contributed by atoms with Gasteiger partial charge in [0.2, 0.25) is 5.13 Å². The Hall–Kier alpha value is -2.83. The lowest BCUT2D eigenvalue weighted by Gasteiger charge is -2.34. The van der Waals surface area contributed by atoms with Crippen molar-refractivity contribution in [2.45, 2.75) is 22.3 Å². The van der Waals surface area contributed by atoms with Gasteiger partial charge in [0.05, 0.1) is 24.2 Å². The minimum absolute atomic E-state index is 0.0829. The Morgan fingerprint density at radius 2 is 2.00 bits per heavy atom. The molecule has 0 radical (unpaired) electrons. The first-order chi connectivity index (χ1) is 15.4. The minimum atomic E-state index is -3.95. The molecule has 3 aromatic rings. The molecule has 0 saturated heterocycles. The number of thioether (sulfide) groups is 1. The Labute approximate surface area is 193 Å². The van der Waals surface area contributed by atoms with Crippen LogP contribution in [0.4, 0.5) is 10.8 Å². The van der Waals surface area contributed by atoms with Crippen molar-refractivity contribution in [1.29, 1.82) is 0 Å². The van der Waals surface area contributed by atoms with Gasteiger partial charge in [-0.05, 0) is 42.2 Å². The normalized spacial score (nSPS) is 15.6. The summed E-state index contributed by atoms with van der Waals surface area (Å²) in [6.07, 6.45) is -1.07. The van der Waals surface area contributed by atoms with Crippen LogP contribution in [0.25, 0.3) is 0 Å². The molecule has 9 nitrogen and oxygen atoms in total. The molecule has 0 fully saturated rings. The summed E-state index contributed by atoms with van der Waals surface area (Å²) in [5.41, 5.74) is 0.366. The zero-order valence-corrected chi connectivity index (χ0v) is 19.7. The molecule has 32 heavy (non-hydrogen) atoms. The summed E-state index contributed by atoms with van der Waals surface area (Å²) < 4.78 is 39.7. The number of carbonyl (C=O) groups is 1. The van der Waals surface area contributed by atoms with Crippen molar-refractivity contribution in [1.82, 2.24) is 10.2 Å². The van der Waals surface area contributed by atoms with Gasteiger partial charge < -0.3 is 9.47 Å². The lowest BCUT2D eigenvalue weighted by Crippen LogP contribution is -2.48. The number of fused-ring (bicyclic) bond motifs is 1. The van der Waals surface area contributed by atoms with Gasteiger partial charge in [-0.2, -0.15) is 0 Å². The van der Waals surface area contributed by atoms with Gasteiger partial charge in [-0.3, -0.25) is 14.4 Å². The standard InChI is InChI=1S/C20H20N4O5S3/c1-3-30-20-23-22-19(31-20)21-18(25)17-12-24(15-6-4-5-7-16(15)29-17)32(26,27)14-10-8-13(28-2)9-11-14/h4-11,17H,3,12H2,1-2H3,(H,21,22,25)/t17-/m0/s1. The molecular formula is C20H20N4O5S3. The summed E-state index contributed by atoms with van der Waals surface area (Å²) in [7, 11) is -2.45. The molecule has 1 atom stereocenters. The van der Waals surface area contributed by atoms with E-state index in [0.717, 1.165) is 10.1 Å². The van der Waals surface area contributed by atoms with Gasteiger partial charge in [-0.1, -0.05) is 42.2 Å². The van der Waals surface area contributed by atoms with E-state index in [4.69, 9.17) is 9.47 Å². The van der Waals surface area contributed by atoms with E-state index in [2.05, 4.69) is 15.5 Å². The van der Waals surface area contributed by atoms with Crippen LogP contribution in [0.2, 0.25) is 0 Å².